The molecule has 0 N–H and O–H groups in total. The normalized spacial score (nSPS) is 55.4. The maximum absolute atomic E-state index is 9.01. The first-order chi connectivity index (χ1) is 5.83. The van der Waals surface area contributed by atoms with Crippen molar-refractivity contribution in [2.24, 2.45) is 0 Å². The van der Waals surface area contributed by atoms with E-state index >= 15 is 0 Å². The average Bonchev–Trinajstić information content (AvgIpc) is 2.65. The number of epoxide rings is 1. The minimum atomic E-state index is -0.358. The van der Waals surface area contributed by atoms with Crippen molar-refractivity contribution in [3.8, 4) is 6.07 Å². The molecule has 0 aromatic carbocycles. The molecule has 1 unspecified atom stereocenters. The molecule has 3 atom stereocenters. The van der Waals surface area contributed by atoms with Crippen LogP contribution >= 0.6 is 11.8 Å². The highest BCUT2D eigenvalue weighted by molar-refractivity contribution is 8.00. The quantitative estimate of drug-likeness (QED) is 0.534. The Morgan fingerprint density at radius 3 is 3.17 bits per heavy atom. The molecular formula is C9H11NOS. The van der Waals surface area contributed by atoms with Gasteiger partial charge in [-0.3, -0.25) is 0 Å². The molecule has 3 heteroatoms. The van der Waals surface area contributed by atoms with E-state index in [9.17, 15) is 0 Å². The van der Waals surface area contributed by atoms with Crippen molar-refractivity contribution < 1.29 is 4.74 Å². The zero-order chi connectivity index (χ0) is 8.23. The second-order valence-electron chi connectivity index (χ2n) is 3.98. The Morgan fingerprint density at radius 1 is 1.50 bits per heavy atom. The summed E-state index contributed by atoms with van der Waals surface area (Å²) >= 11 is 1.95. The lowest BCUT2D eigenvalue weighted by atomic mass is 9.81. The third-order valence-electron chi connectivity index (χ3n) is 3.45. The van der Waals surface area contributed by atoms with E-state index in [1.165, 1.54) is 19.3 Å². The summed E-state index contributed by atoms with van der Waals surface area (Å²) in [7, 11) is 0. The molecule has 0 aromatic rings. The second-order valence-corrected chi connectivity index (χ2v) is 5.17. The number of nitrogens with zero attached hydrogens (tertiary/aromatic N) is 1. The third-order valence-corrected chi connectivity index (χ3v) is 5.04. The molecule has 2 aliphatic heterocycles. The van der Waals surface area contributed by atoms with E-state index in [2.05, 4.69) is 6.07 Å². The molecule has 0 bridgehead atoms. The monoisotopic (exact) mass is 181 g/mol. The molecule has 2 heterocycles. The molecule has 12 heavy (non-hydrogen) atoms. The Labute approximate surface area is 76.3 Å². The predicted molar refractivity (Wildman–Crippen MR) is 46.9 cm³/mol. The first kappa shape index (κ1) is 7.23. The molecule has 0 aromatic heterocycles. The van der Waals surface area contributed by atoms with E-state index in [1.54, 1.807) is 0 Å². The van der Waals surface area contributed by atoms with Gasteiger partial charge in [0, 0.05) is 11.0 Å². The van der Waals surface area contributed by atoms with Crippen molar-refractivity contribution in [1.82, 2.24) is 0 Å². The van der Waals surface area contributed by atoms with E-state index in [0.717, 1.165) is 12.2 Å². The van der Waals surface area contributed by atoms with E-state index in [1.807, 2.05) is 11.8 Å². The van der Waals surface area contributed by atoms with Crippen molar-refractivity contribution in [3.05, 3.63) is 0 Å². The molecule has 1 saturated carbocycles. The summed E-state index contributed by atoms with van der Waals surface area (Å²) in [6.45, 7) is 0. The minimum absolute atomic E-state index is 0.00463. The van der Waals surface area contributed by atoms with Gasteiger partial charge in [-0.1, -0.05) is 12.8 Å². The van der Waals surface area contributed by atoms with Gasteiger partial charge in [0.1, 0.15) is 11.7 Å². The lowest BCUT2D eigenvalue weighted by Crippen LogP contribution is -2.32. The zero-order valence-corrected chi connectivity index (χ0v) is 7.69. The molecule has 0 radical (unpaired) electrons. The Morgan fingerprint density at radius 2 is 2.42 bits per heavy atom. The summed E-state index contributed by atoms with van der Waals surface area (Å²) in [5.74, 6) is 0.911. The largest absolute Gasteiger partial charge is 0.344 e. The minimum Gasteiger partial charge on any atom is -0.344 e. The van der Waals surface area contributed by atoms with Gasteiger partial charge in [-0.2, -0.15) is 17.0 Å². The Kier molecular flexibility index (Phi) is 1.20. The van der Waals surface area contributed by atoms with Crippen LogP contribution in [-0.4, -0.2) is 22.2 Å². The third kappa shape index (κ3) is 0.592. The molecule has 2 nitrogen and oxygen atoms in total. The highest BCUT2D eigenvalue weighted by Crippen LogP contribution is 2.66. The number of hydrogen-bond acceptors (Lipinski definition) is 3. The summed E-state index contributed by atoms with van der Waals surface area (Å²) in [4.78, 5) is 0. The van der Waals surface area contributed by atoms with Crippen LogP contribution in [0.2, 0.25) is 0 Å². The SMILES string of the molecule is N#C[C@]12CSC3CCCC[C@@]31O2. The second kappa shape index (κ2) is 2.00. The number of ether oxygens (including phenoxy) is 1. The van der Waals surface area contributed by atoms with E-state index in [0.29, 0.717) is 5.25 Å². The van der Waals surface area contributed by atoms with Crippen LogP contribution in [-0.2, 0) is 4.74 Å². The maximum Gasteiger partial charge on any atom is 0.193 e. The topological polar surface area (TPSA) is 36.3 Å². The molecule has 3 aliphatic rings. The van der Waals surface area contributed by atoms with E-state index in [-0.39, 0.29) is 11.2 Å². The lowest BCUT2D eigenvalue weighted by Gasteiger charge is -2.24. The fourth-order valence-electron chi connectivity index (χ4n) is 2.71. The summed E-state index contributed by atoms with van der Waals surface area (Å²) < 4.78 is 5.70. The van der Waals surface area contributed by atoms with Crippen LogP contribution in [0.25, 0.3) is 0 Å². The summed E-state index contributed by atoms with van der Waals surface area (Å²) in [5.41, 5.74) is -0.354. The predicted octanol–water partition coefficient (Wildman–Crippen LogP) is 1.71. The summed E-state index contributed by atoms with van der Waals surface area (Å²) in [6, 6.07) is 2.36. The van der Waals surface area contributed by atoms with Crippen molar-refractivity contribution in [2.75, 3.05) is 5.75 Å². The van der Waals surface area contributed by atoms with Crippen LogP contribution < -0.4 is 0 Å². The van der Waals surface area contributed by atoms with Gasteiger partial charge in [-0.25, -0.2) is 0 Å². The Hall–Kier alpha value is -0.200. The zero-order valence-electron chi connectivity index (χ0n) is 6.88. The standard InChI is InChI=1S/C9H11NOS/c10-5-8-6-12-7-3-1-2-4-9(7,8)11-8/h7H,1-4,6H2/t7?,8-,9+/m0/s1. The van der Waals surface area contributed by atoms with Gasteiger partial charge < -0.3 is 4.74 Å². The fourth-order valence-corrected chi connectivity index (χ4v) is 4.48. The van der Waals surface area contributed by atoms with Gasteiger partial charge in [0.25, 0.3) is 0 Å². The van der Waals surface area contributed by atoms with Crippen LogP contribution in [0.3, 0.4) is 0 Å². The number of hydrogen-bond donors (Lipinski definition) is 0. The van der Waals surface area contributed by atoms with Crippen LogP contribution in [0.15, 0.2) is 0 Å². The molecule has 0 amide bonds. The van der Waals surface area contributed by atoms with Crippen LogP contribution in [0.4, 0.5) is 0 Å². The molecule has 1 spiro atoms. The average molecular weight is 181 g/mol. The van der Waals surface area contributed by atoms with Gasteiger partial charge in [-0.05, 0) is 12.8 Å². The van der Waals surface area contributed by atoms with Gasteiger partial charge in [0.05, 0.1) is 0 Å². The van der Waals surface area contributed by atoms with Crippen LogP contribution in [0, 0.1) is 11.3 Å². The fraction of sp³-hybridized carbons (Fsp3) is 0.889. The molecule has 3 rings (SSSR count). The molecule has 2 saturated heterocycles. The van der Waals surface area contributed by atoms with Gasteiger partial charge in [0.2, 0.25) is 0 Å². The van der Waals surface area contributed by atoms with Crippen molar-refractivity contribution in [3.63, 3.8) is 0 Å². The molecule has 1 aliphatic carbocycles. The van der Waals surface area contributed by atoms with Gasteiger partial charge in [0.15, 0.2) is 5.60 Å². The Balaban J connectivity index is 1.96. The van der Waals surface area contributed by atoms with Crippen LogP contribution in [0.1, 0.15) is 25.7 Å². The van der Waals surface area contributed by atoms with Crippen molar-refractivity contribution >= 4 is 11.8 Å². The summed E-state index contributed by atoms with van der Waals surface area (Å²) in [5, 5.41) is 9.64. The van der Waals surface area contributed by atoms with Crippen molar-refractivity contribution in [2.45, 2.75) is 42.1 Å². The maximum atomic E-state index is 9.01. The number of nitriles is 1. The molecule has 64 valence electrons. The summed E-state index contributed by atoms with van der Waals surface area (Å²) in [6.07, 6.45) is 4.96. The number of rotatable bonds is 0. The first-order valence-corrected chi connectivity index (χ1v) is 5.61. The lowest BCUT2D eigenvalue weighted by molar-refractivity contribution is 0.233. The smallest absolute Gasteiger partial charge is 0.193 e. The highest BCUT2D eigenvalue weighted by atomic mass is 32.2. The number of thioether (sulfide) groups is 1. The van der Waals surface area contributed by atoms with Gasteiger partial charge >= 0.3 is 0 Å². The van der Waals surface area contributed by atoms with Gasteiger partial charge in [-0.15, -0.1) is 0 Å². The van der Waals surface area contributed by atoms with E-state index < -0.39 is 0 Å². The first-order valence-electron chi connectivity index (χ1n) is 4.56. The Bertz CT molecular complexity index is 274. The molecule has 3 fully saturated rings. The van der Waals surface area contributed by atoms with Crippen LogP contribution in [0.5, 0.6) is 0 Å². The molecular weight excluding hydrogens is 170 g/mol. The van der Waals surface area contributed by atoms with Crippen molar-refractivity contribution in [1.29, 1.82) is 5.26 Å². The highest BCUT2D eigenvalue weighted by Gasteiger charge is 2.78. The van der Waals surface area contributed by atoms with E-state index in [4.69, 9.17) is 10.00 Å².